The van der Waals surface area contributed by atoms with E-state index in [1.165, 1.54) is 139 Å². The molecule has 2 heterocycles. The highest BCUT2D eigenvalue weighted by molar-refractivity contribution is 7.00. The second-order valence-electron chi connectivity index (χ2n) is 29.0. The number of hydrogen-bond acceptors (Lipinski definition) is 2. The minimum Gasteiger partial charge on any atom is -0.311 e. The van der Waals surface area contributed by atoms with Crippen molar-refractivity contribution in [1.82, 2.24) is 0 Å². The molecule has 15 rings (SSSR count). The summed E-state index contributed by atoms with van der Waals surface area (Å²) in [5.41, 5.74) is 33.3. The van der Waals surface area contributed by atoms with Gasteiger partial charge in [-0.05, 0) is 193 Å². The van der Waals surface area contributed by atoms with Crippen LogP contribution in [0.15, 0.2) is 237 Å². The van der Waals surface area contributed by atoms with Gasteiger partial charge in [-0.1, -0.05) is 265 Å². The van der Waals surface area contributed by atoms with Crippen LogP contribution >= 0.6 is 0 Å². The monoisotopic (exact) mass is 1110 g/mol. The van der Waals surface area contributed by atoms with Gasteiger partial charge in [-0.25, -0.2) is 0 Å². The van der Waals surface area contributed by atoms with E-state index in [9.17, 15) is 0 Å². The molecule has 0 bridgehead atoms. The number of anilines is 6. The predicted molar refractivity (Wildman–Crippen MR) is 368 cm³/mol. The van der Waals surface area contributed by atoms with Crippen LogP contribution in [0.5, 0.6) is 0 Å². The standard InChI is InChI=1S/C83H75BN2/c1-79(2,3)58-35-38-62(39-36-58)85-75-50-67-66-31-21-24-34-70(66)83(68-32-22-19-29-64(68)65-30-20-23-33-69(65)83)71(67)51-73(75)84-72-49-59(80(4,5)6)37-40-74(72)86(63-44-54(52-25-15-13-16-26-52)41-55(45-63)53-27-17-14-18-28-53)77-47-57(46-76(85)78(77)84)56-42-60(81(7,8)9)48-61(43-56)82(10,11)12/h13-51H,1-12H3. The quantitative estimate of drug-likeness (QED) is 0.159. The van der Waals surface area contributed by atoms with Crippen molar-refractivity contribution in [3.05, 3.63) is 281 Å². The first-order chi connectivity index (χ1) is 41.2. The highest BCUT2D eigenvalue weighted by Crippen LogP contribution is 2.63. The molecule has 4 aliphatic rings. The largest absolute Gasteiger partial charge is 0.311 e. The third kappa shape index (κ3) is 8.28. The van der Waals surface area contributed by atoms with E-state index in [2.05, 4.69) is 329 Å². The molecule has 2 nitrogen and oxygen atoms in total. The van der Waals surface area contributed by atoms with Crippen LogP contribution in [0.2, 0.25) is 0 Å². The minimum absolute atomic E-state index is 0.0279. The molecule has 11 aromatic carbocycles. The van der Waals surface area contributed by atoms with Gasteiger partial charge >= 0.3 is 0 Å². The van der Waals surface area contributed by atoms with Crippen molar-refractivity contribution in [1.29, 1.82) is 0 Å². The maximum Gasteiger partial charge on any atom is 0.252 e. The van der Waals surface area contributed by atoms with Crippen LogP contribution < -0.4 is 26.2 Å². The summed E-state index contributed by atoms with van der Waals surface area (Å²) >= 11 is 0. The summed E-state index contributed by atoms with van der Waals surface area (Å²) in [6, 6.07) is 91.9. The average Bonchev–Trinajstić information content (AvgIpc) is 1.40. The van der Waals surface area contributed by atoms with Crippen LogP contribution in [-0.4, -0.2) is 6.71 Å². The Bertz CT molecular complexity index is 4420. The van der Waals surface area contributed by atoms with Gasteiger partial charge in [0.25, 0.3) is 6.71 Å². The summed E-state index contributed by atoms with van der Waals surface area (Å²) in [5, 5.41) is 0. The second kappa shape index (κ2) is 19.0. The van der Waals surface area contributed by atoms with E-state index < -0.39 is 5.41 Å². The molecule has 1 spiro atoms. The van der Waals surface area contributed by atoms with Gasteiger partial charge in [0.2, 0.25) is 0 Å². The molecular formula is C83H75BN2. The van der Waals surface area contributed by atoms with Crippen LogP contribution in [0.3, 0.4) is 0 Å². The molecule has 2 aliphatic carbocycles. The Kier molecular flexibility index (Phi) is 11.9. The van der Waals surface area contributed by atoms with Crippen LogP contribution in [0.1, 0.15) is 128 Å². The summed E-state index contributed by atoms with van der Waals surface area (Å²) in [7, 11) is 0. The lowest BCUT2D eigenvalue weighted by atomic mass is 9.33. The molecule has 86 heavy (non-hydrogen) atoms. The van der Waals surface area contributed by atoms with Gasteiger partial charge in [-0.15, -0.1) is 0 Å². The van der Waals surface area contributed by atoms with E-state index in [1.807, 2.05) is 0 Å². The fourth-order valence-corrected chi connectivity index (χ4v) is 14.9. The van der Waals surface area contributed by atoms with E-state index >= 15 is 0 Å². The van der Waals surface area contributed by atoms with Crippen LogP contribution in [-0.2, 0) is 27.1 Å². The summed E-state index contributed by atoms with van der Waals surface area (Å²) in [4.78, 5) is 5.31. The first kappa shape index (κ1) is 53.8. The molecule has 11 aromatic rings. The van der Waals surface area contributed by atoms with Crippen molar-refractivity contribution in [3.8, 4) is 55.6 Å². The van der Waals surface area contributed by atoms with Crippen molar-refractivity contribution >= 4 is 57.2 Å². The zero-order valence-corrected chi connectivity index (χ0v) is 52.0. The van der Waals surface area contributed by atoms with Crippen molar-refractivity contribution in [3.63, 3.8) is 0 Å². The van der Waals surface area contributed by atoms with E-state index in [0.717, 1.165) is 11.4 Å². The lowest BCUT2D eigenvalue weighted by molar-refractivity contribution is 0.569. The molecule has 0 aromatic heterocycles. The van der Waals surface area contributed by atoms with Crippen LogP contribution in [0.4, 0.5) is 34.1 Å². The first-order valence-electron chi connectivity index (χ1n) is 31.1. The lowest BCUT2D eigenvalue weighted by Gasteiger charge is -2.45. The third-order valence-electron chi connectivity index (χ3n) is 19.4. The van der Waals surface area contributed by atoms with Gasteiger partial charge in [0.1, 0.15) is 0 Å². The molecule has 3 heteroatoms. The molecule has 0 saturated heterocycles. The van der Waals surface area contributed by atoms with Crippen molar-refractivity contribution < 1.29 is 0 Å². The summed E-state index contributed by atoms with van der Waals surface area (Å²) in [6.45, 7) is 28.1. The van der Waals surface area contributed by atoms with Gasteiger partial charge in [0.05, 0.1) is 5.41 Å². The Morgan fingerprint density at radius 2 is 0.686 bits per heavy atom. The molecule has 0 unspecified atom stereocenters. The third-order valence-corrected chi connectivity index (χ3v) is 19.4. The fraction of sp³-hybridized carbons (Fsp3) is 0.205. The SMILES string of the molecule is CC(C)(C)c1ccc(N2c3cc4c(cc3B3c5cc(C(C)(C)C)ccc5N(c5cc(-c6ccccc6)cc(-c6ccccc6)c5)c5cc(-c6cc(C(C)(C)C)cc(C(C)(C)C)c6)cc2c53)C2(c3ccccc3-c3ccccc32)c2ccccc2-4)cc1. The van der Waals surface area contributed by atoms with E-state index in [1.54, 1.807) is 0 Å². The van der Waals surface area contributed by atoms with Crippen molar-refractivity contribution in [2.24, 2.45) is 0 Å². The maximum atomic E-state index is 2.69. The Balaban J connectivity index is 1.11. The maximum absolute atomic E-state index is 2.69. The zero-order chi connectivity index (χ0) is 59.4. The molecule has 420 valence electrons. The number of nitrogens with zero attached hydrogens (tertiary/aromatic N) is 2. The molecule has 0 saturated carbocycles. The highest BCUT2D eigenvalue weighted by Gasteiger charge is 2.54. The van der Waals surface area contributed by atoms with Gasteiger partial charge in [0, 0.05) is 34.1 Å². The predicted octanol–water partition coefficient (Wildman–Crippen LogP) is 20.3. The van der Waals surface area contributed by atoms with Gasteiger partial charge < -0.3 is 9.80 Å². The molecule has 0 N–H and O–H groups in total. The molecule has 0 amide bonds. The number of hydrogen-bond donors (Lipinski definition) is 0. The fourth-order valence-electron chi connectivity index (χ4n) is 14.9. The Morgan fingerprint density at radius 1 is 0.267 bits per heavy atom. The van der Waals surface area contributed by atoms with Crippen molar-refractivity contribution in [2.45, 2.75) is 110 Å². The first-order valence-corrected chi connectivity index (χ1v) is 31.1. The second-order valence-corrected chi connectivity index (χ2v) is 29.0. The van der Waals surface area contributed by atoms with Crippen LogP contribution in [0.25, 0.3) is 55.6 Å². The molecule has 2 aliphatic heterocycles. The highest BCUT2D eigenvalue weighted by atomic mass is 15.2. The summed E-state index contributed by atoms with van der Waals surface area (Å²) in [6.07, 6.45) is 0. The van der Waals surface area contributed by atoms with Crippen molar-refractivity contribution in [2.75, 3.05) is 9.80 Å². The smallest absolute Gasteiger partial charge is 0.252 e. The summed E-state index contributed by atoms with van der Waals surface area (Å²) < 4.78 is 0. The minimum atomic E-state index is -0.522. The van der Waals surface area contributed by atoms with Crippen LogP contribution in [0, 0.1) is 0 Å². The topological polar surface area (TPSA) is 6.48 Å². The Morgan fingerprint density at radius 3 is 1.19 bits per heavy atom. The van der Waals surface area contributed by atoms with Gasteiger partial charge in [0.15, 0.2) is 0 Å². The average molecular weight is 1110 g/mol. The zero-order valence-electron chi connectivity index (χ0n) is 52.0. The van der Waals surface area contributed by atoms with E-state index in [4.69, 9.17) is 0 Å². The Hall–Kier alpha value is -8.92. The molecule has 0 atom stereocenters. The number of benzene rings is 11. The molecule has 0 radical (unpaired) electrons. The normalized spacial score (nSPS) is 14.3. The summed E-state index contributed by atoms with van der Waals surface area (Å²) in [5.74, 6) is 0. The van der Waals surface area contributed by atoms with Gasteiger partial charge in [-0.2, -0.15) is 0 Å². The van der Waals surface area contributed by atoms with Gasteiger partial charge in [-0.3, -0.25) is 0 Å². The molecular weight excluding hydrogens is 1040 g/mol. The van der Waals surface area contributed by atoms with E-state index in [0.29, 0.717) is 0 Å². The van der Waals surface area contributed by atoms with E-state index in [-0.39, 0.29) is 28.4 Å². The number of rotatable bonds is 5. The molecule has 0 fully saturated rings. The lowest BCUT2D eigenvalue weighted by Crippen LogP contribution is -2.61. The number of fused-ring (bicyclic) bond motifs is 14. The Labute approximate surface area is 511 Å².